The molecule has 0 fully saturated rings. The molecule has 0 amide bonds. The number of alkyl halides is 1. The summed E-state index contributed by atoms with van der Waals surface area (Å²) in [5, 5.41) is 0. The first-order valence-corrected chi connectivity index (χ1v) is 4.90. The Bertz CT molecular complexity index is 218. The summed E-state index contributed by atoms with van der Waals surface area (Å²) in [5.74, 6) is 1.84. The molecule has 2 atom stereocenters. The average Bonchev–Trinajstić information content (AvgIpc) is 2.17. The van der Waals surface area contributed by atoms with Crippen molar-refractivity contribution in [3.05, 3.63) is 35.9 Å². The van der Waals surface area contributed by atoms with Gasteiger partial charge in [-0.1, -0.05) is 44.2 Å². The minimum atomic E-state index is 0.550. The van der Waals surface area contributed by atoms with Gasteiger partial charge in [-0.3, -0.25) is 0 Å². The van der Waals surface area contributed by atoms with Crippen molar-refractivity contribution in [2.24, 2.45) is 5.92 Å². The van der Waals surface area contributed by atoms with Gasteiger partial charge in [-0.2, -0.15) is 0 Å². The predicted octanol–water partition coefficient (Wildman–Crippen LogP) is 3.67. The SMILES string of the molecule is C[C@H](c1ccccc1)[C@@H](C)CCl. The van der Waals surface area contributed by atoms with Gasteiger partial charge in [0.05, 0.1) is 0 Å². The van der Waals surface area contributed by atoms with Crippen molar-refractivity contribution in [2.75, 3.05) is 5.88 Å². The summed E-state index contributed by atoms with van der Waals surface area (Å²) in [6.07, 6.45) is 0. The fraction of sp³-hybridized carbons (Fsp3) is 0.455. The molecule has 0 N–H and O–H groups in total. The maximum absolute atomic E-state index is 5.80. The van der Waals surface area contributed by atoms with Crippen molar-refractivity contribution in [3.8, 4) is 0 Å². The molecule has 1 heteroatoms. The molecule has 0 unspecified atom stereocenters. The Labute approximate surface area is 79.6 Å². The fourth-order valence-corrected chi connectivity index (χ4v) is 1.49. The van der Waals surface area contributed by atoms with Crippen LogP contribution in [-0.4, -0.2) is 5.88 Å². The lowest BCUT2D eigenvalue weighted by Gasteiger charge is -2.17. The van der Waals surface area contributed by atoms with E-state index >= 15 is 0 Å². The van der Waals surface area contributed by atoms with E-state index in [2.05, 4.69) is 38.1 Å². The Balaban J connectivity index is 2.71. The lowest BCUT2D eigenvalue weighted by molar-refractivity contribution is 0.541. The molecule has 0 aliphatic heterocycles. The second kappa shape index (κ2) is 4.51. The normalized spacial score (nSPS) is 15.6. The summed E-state index contributed by atoms with van der Waals surface area (Å²) in [4.78, 5) is 0. The van der Waals surface area contributed by atoms with Crippen LogP contribution in [0.4, 0.5) is 0 Å². The summed E-state index contributed by atoms with van der Waals surface area (Å²) in [7, 11) is 0. The highest BCUT2D eigenvalue weighted by Crippen LogP contribution is 2.24. The quantitative estimate of drug-likeness (QED) is 0.626. The lowest BCUT2D eigenvalue weighted by atomic mass is 9.90. The molecule has 12 heavy (non-hydrogen) atoms. The van der Waals surface area contributed by atoms with Crippen LogP contribution in [0.2, 0.25) is 0 Å². The largest absolute Gasteiger partial charge is 0.126 e. The zero-order chi connectivity index (χ0) is 8.97. The van der Waals surface area contributed by atoms with Gasteiger partial charge in [-0.15, -0.1) is 11.6 Å². The van der Waals surface area contributed by atoms with Gasteiger partial charge in [-0.05, 0) is 17.4 Å². The summed E-state index contributed by atoms with van der Waals surface area (Å²) >= 11 is 5.80. The number of halogens is 1. The maximum Gasteiger partial charge on any atom is 0.0254 e. The molecule has 0 spiro atoms. The van der Waals surface area contributed by atoms with E-state index in [4.69, 9.17) is 11.6 Å². The maximum atomic E-state index is 5.80. The van der Waals surface area contributed by atoms with Crippen LogP contribution in [-0.2, 0) is 0 Å². The van der Waals surface area contributed by atoms with Crippen LogP contribution in [0.15, 0.2) is 30.3 Å². The van der Waals surface area contributed by atoms with Crippen LogP contribution < -0.4 is 0 Å². The van der Waals surface area contributed by atoms with E-state index in [0.29, 0.717) is 11.8 Å². The van der Waals surface area contributed by atoms with Crippen molar-refractivity contribution in [1.29, 1.82) is 0 Å². The molecular formula is C11H15Cl. The molecule has 0 nitrogen and oxygen atoms in total. The highest BCUT2D eigenvalue weighted by molar-refractivity contribution is 6.18. The Kier molecular flexibility index (Phi) is 3.61. The second-order valence-electron chi connectivity index (χ2n) is 3.33. The molecule has 0 heterocycles. The fourth-order valence-electron chi connectivity index (χ4n) is 1.22. The molecule has 0 aliphatic carbocycles. The van der Waals surface area contributed by atoms with Gasteiger partial charge in [0.1, 0.15) is 0 Å². The second-order valence-corrected chi connectivity index (χ2v) is 3.64. The zero-order valence-corrected chi connectivity index (χ0v) is 8.38. The summed E-state index contributed by atoms with van der Waals surface area (Å²) in [6.45, 7) is 4.41. The molecule has 1 rings (SSSR count). The van der Waals surface area contributed by atoms with E-state index in [-0.39, 0.29) is 0 Å². The predicted molar refractivity (Wildman–Crippen MR) is 54.7 cm³/mol. The number of hydrogen-bond donors (Lipinski definition) is 0. The minimum Gasteiger partial charge on any atom is -0.126 e. The van der Waals surface area contributed by atoms with Gasteiger partial charge in [-0.25, -0.2) is 0 Å². The van der Waals surface area contributed by atoms with Gasteiger partial charge < -0.3 is 0 Å². The third-order valence-corrected chi connectivity index (χ3v) is 2.91. The van der Waals surface area contributed by atoms with Crippen molar-refractivity contribution in [2.45, 2.75) is 19.8 Å². The van der Waals surface area contributed by atoms with Crippen molar-refractivity contribution in [1.82, 2.24) is 0 Å². The van der Waals surface area contributed by atoms with E-state index in [9.17, 15) is 0 Å². The van der Waals surface area contributed by atoms with Gasteiger partial charge >= 0.3 is 0 Å². The van der Waals surface area contributed by atoms with Crippen LogP contribution >= 0.6 is 11.6 Å². The number of hydrogen-bond acceptors (Lipinski definition) is 0. The molecule has 0 bridgehead atoms. The number of rotatable bonds is 3. The Morgan fingerprint density at radius 1 is 1.17 bits per heavy atom. The van der Waals surface area contributed by atoms with Crippen LogP contribution in [0, 0.1) is 5.92 Å². The smallest absolute Gasteiger partial charge is 0.0254 e. The molecule has 0 radical (unpaired) electrons. The highest BCUT2D eigenvalue weighted by Gasteiger charge is 2.11. The minimum absolute atomic E-state index is 0.550. The Morgan fingerprint density at radius 2 is 1.75 bits per heavy atom. The first-order chi connectivity index (χ1) is 5.75. The first kappa shape index (κ1) is 9.60. The topological polar surface area (TPSA) is 0 Å². The Hall–Kier alpha value is -0.490. The molecule has 1 aromatic rings. The highest BCUT2D eigenvalue weighted by atomic mass is 35.5. The van der Waals surface area contributed by atoms with Gasteiger partial charge in [0.25, 0.3) is 0 Å². The summed E-state index contributed by atoms with van der Waals surface area (Å²) in [6, 6.07) is 10.5. The van der Waals surface area contributed by atoms with Gasteiger partial charge in [0.15, 0.2) is 0 Å². The van der Waals surface area contributed by atoms with E-state index < -0.39 is 0 Å². The third-order valence-electron chi connectivity index (χ3n) is 2.42. The molecule has 0 saturated heterocycles. The molecule has 66 valence electrons. The van der Waals surface area contributed by atoms with E-state index in [1.165, 1.54) is 5.56 Å². The van der Waals surface area contributed by atoms with E-state index in [0.717, 1.165) is 5.88 Å². The van der Waals surface area contributed by atoms with Crippen LogP contribution in [0.25, 0.3) is 0 Å². The third kappa shape index (κ3) is 2.25. The molecular weight excluding hydrogens is 168 g/mol. The van der Waals surface area contributed by atoms with E-state index in [1.807, 2.05) is 6.07 Å². The molecule has 0 saturated carbocycles. The summed E-state index contributed by atoms with van der Waals surface area (Å²) < 4.78 is 0. The first-order valence-electron chi connectivity index (χ1n) is 4.36. The monoisotopic (exact) mass is 182 g/mol. The van der Waals surface area contributed by atoms with Crippen LogP contribution in [0.1, 0.15) is 25.3 Å². The molecule has 0 aliphatic rings. The standard InChI is InChI=1S/C11H15Cl/c1-9(8-12)10(2)11-6-4-3-5-7-11/h3-7,9-10H,8H2,1-2H3/t9-,10-/m0/s1. The zero-order valence-electron chi connectivity index (χ0n) is 7.63. The van der Waals surface area contributed by atoms with Crippen LogP contribution in [0.5, 0.6) is 0 Å². The van der Waals surface area contributed by atoms with Gasteiger partial charge in [0.2, 0.25) is 0 Å². The average molecular weight is 183 g/mol. The lowest BCUT2D eigenvalue weighted by Crippen LogP contribution is -2.07. The molecule has 0 aromatic heterocycles. The van der Waals surface area contributed by atoms with Crippen LogP contribution in [0.3, 0.4) is 0 Å². The Morgan fingerprint density at radius 3 is 2.25 bits per heavy atom. The summed E-state index contributed by atoms with van der Waals surface area (Å²) in [5.41, 5.74) is 1.38. The molecule has 1 aromatic carbocycles. The van der Waals surface area contributed by atoms with Crippen molar-refractivity contribution < 1.29 is 0 Å². The van der Waals surface area contributed by atoms with Crippen molar-refractivity contribution in [3.63, 3.8) is 0 Å². The van der Waals surface area contributed by atoms with Gasteiger partial charge in [0, 0.05) is 5.88 Å². The van der Waals surface area contributed by atoms with Crippen molar-refractivity contribution >= 4 is 11.6 Å². The number of benzene rings is 1. The van der Waals surface area contributed by atoms with E-state index in [1.54, 1.807) is 0 Å².